The molecule has 0 aliphatic rings. The normalized spacial score (nSPS) is 11.4. The Morgan fingerprint density at radius 1 is 1.33 bits per heavy atom. The number of rotatable bonds is 3. The smallest absolute Gasteiger partial charge is 0.264 e. The molecule has 2 rings (SSSR count). The van der Waals surface area contributed by atoms with Crippen LogP contribution in [0.4, 0.5) is 10.8 Å². The number of hydrogen-bond donors (Lipinski definition) is 2. The van der Waals surface area contributed by atoms with Gasteiger partial charge in [-0.05, 0) is 37.1 Å². The lowest BCUT2D eigenvalue weighted by Gasteiger charge is -2.11. The molecule has 0 radical (unpaired) electrons. The van der Waals surface area contributed by atoms with Crippen molar-refractivity contribution in [3.8, 4) is 0 Å². The zero-order valence-corrected chi connectivity index (χ0v) is 11.6. The molecule has 0 aliphatic carbocycles. The molecule has 0 bridgehead atoms. The van der Waals surface area contributed by atoms with Crippen molar-refractivity contribution in [1.82, 2.24) is 4.98 Å². The largest absolute Gasteiger partial charge is 0.398 e. The number of aryl methyl sites for hydroxylation is 1. The summed E-state index contributed by atoms with van der Waals surface area (Å²) in [7, 11) is -3.64. The number of thiazole rings is 1. The SMILES string of the molecule is Cc1cc(N)c(C)c(S(=O)(=O)Nc2nccs2)c1. The second-order valence-corrected chi connectivity index (χ2v) is 6.47. The van der Waals surface area contributed by atoms with E-state index in [1.54, 1.807) is 37.6 Å². The monoisotopic (exact) mass is 283 g/mol. The van der Waals surface area contributed by atoms with Crippen LogP contribution >= 0.6 is 11.3 Å². The number of anilines is 2. The summed E-state index contributed by atoms with van der Waals surface area (Å²) in [6.07, 6.45) is 1.54. The Morgan fingerprint density at radius 2 is 2.06 bits per heavy atom. The Kier molecular flexibility index (Phi) is 3.27. The lowest BCUT2D eigenvalue weighted by Crippen LogP contribution is -2.15. The fraction of sp³-hybridized carbons (Fsp3) is 0.182. The van der Waals surface area contributed by atoms with Crippen LogP contribution in [0, 0.1) is 13.8 Å². The van der Waals surface area contributed by atoms with E-state index in [-0.39, 0.29) is 4.90 Å². The van der Waals surface area contributed by atoms with Crippen LogP contribution in [-0.2, 0) is 10.0 Å². The van der Waals surface area contributed by atoms with Crippen molar-refractivity contribution in [3.63, 3.8) is 0 Å². The molecular formula is C11H13N3O2S2. The van der Waals surface area contributed by atoms with Gasteiger partial charge >= 0.3 is 0 Å². The molecule has 0 spiro atoms. The van der Waals surface area contributed by atoms with Crippen LogP contribution in [-0.4, -0.2) is 13.4 Å². The molecule has 0 atom stereocenters. The molecule has 0 amide bonds. The number of nitrogens with one attached hydrogen (secondary N) is 1. The molecule has 18 heavy (non-hydrogen) atoms. The first kappa shape index (κ1) is 12.8. The minimum atomic E-state index is -3.64. The molecule has 7 heteroatoms. The summed E-state index contributed by atoms with van der Waals surface area (Å²) in [5.74, 6) is 0. The zero-order valence-electron chi connectivity index (χ0n) is 9.97. The summed E-state index contributed by atoms with van der Waals surface area (Å²) >= 11 is 1.23. The van der Waals surface area contributed by atoms with E-state index in [0.29, 0.717) is 16.4 Å². The van der Waals surface area contributed by atoms with Gasteiger partial charge in [0.25, 0.3) is 10.0 Å². The van der Waals surface area contributed by atoms with Crippen LogP contribution in [0.25, 0.3) is 0 Å². The van der Waals surface area contributed by atoms with Gasteiger partial charge < -0.3 is 5.73 Å². The molecule has 0 aliphatic heterocycles. The molecule has 1 heterocycles. The maximum absolute atomic E-state index is 12.2. The number of nitrogen functional groups attached to an aromatic ring is 1. The van der Waals surface area contributed by atoms with Gasteiger partial charge in [-0.15, -0.1) is 11.3 Å². The predicted molar refractivity (Wildman–Crippen MR) is 73.3 cm³/mol. The number of aromatic nitrogens is 1. The van der Waals surface area contributed by atoms with E-state index < -0.39 is 10.0 Å². The molecule has 96 valence electrons. The molecule has 0 saturated heterocycles. The summed E-state index contributed by atoms with van der Waals surface area (Å²) < 4.78 is 26.9. The topological polar surface area (TPSA) is 85.1 Å². The van der Waals surface area contributed by atoms with E-state index in [0.717, 1.165) is 5.56 Å². The van der Waals surface area contributed by atoms with Gasteiger partial charge in [-0.1, -0.05) is 0 Å². The molecule has 1 aromatic carbocycles. The summed E-state index contributed by atoms with van der Waals surface area (Å²) in [6, 6.07) is 3.35. The average molecular weight is 283 g/mol. The standard InChI is InChI=1S/C11H13N3O2S2/c1-7-5-9(12)8(2)10(6-7)18(15,16)14-11-13-3-4-17-11/h3-6H,12H2,1-2H3,(H,13,14). The zero-order chi connectivity index (χ0) is 13.3. The van der Waals surface area contributed by atoms with Gasteiger partial charge in [-0.25, -0.2) is 13.4 Å². The number of nitrogens with two attached hydrogens (primary N) is 1. The molecule has 1 aromatic heterocycles. The van der Waals surface area contributed by atoms with E-state index in [1.807, 2.05) is 0 Å². The molecule has 0 unspecified atom stereocenters. The highest BCUT2D eigenvalue weighted by atomic mass is 32.2. The number of sulfonamides is 1. The second kappa shape index (κ2) is 4.58. The quantitative estimate of drug-likeness (QED) is 0.845. The highest BCUT2D eigenvalue weighted by molar-refractivity contribution is 7.93. The van der Waals surface area contributed by atoms with Crippen molar-refractivity contribution in [2.45, 2.75) is 18.7 Å². The van der Waals surface area contributed by atoms with Crippen molar-refractivity contribution in [2.24, 2.45) is 0 Å². The van der Waals surface area contributed by atoms with Crippen LogP contribution in [0.3, 0.4) is 0 Å². The average Bonchev–Trinajstić information content (AvgIpc) is 2.75. The van der Waals surface area contributed by atoms with Crippen LogP contribution in [0.2, 0.25) is 0 Å². The van der Waals surface area contributed by atoms with E-state index >= 15 is 0 Å². The van der Waals surface area contributed by atoms with E-state index in [2.05, 4.69) is 9.71 Å². The number of benzene rings is 1. The maximum atomic E-state index is 12.2. The Balaban J connectivity index is 2.48. The predicted octanol–water partition coefficient (Wildman–Crippen LogP) is 2.14. The first-order valence-corrected chi connectivity index (χ1v) is 7.55. The highest BCUT2D eigenvalue weighted by Gasteiger charge is 2.19. The third kappa shape index (κ3) is 2.46. The van der Waals surface area contributed by atoms with Crippen LogP contribution in [0.5, 0.6) is 0 Å². The second-order valence-electron chi connectivity index (χ2n) is 3.92. The van der Waals surface area contributed by atoms with Crippen LogP contribution in [0.1, 0.15) is 11.1 Å². The lowest BCUT2D eigenvalue weighted by molar-refractivity contribution is 0.600. The van der Waals surface area contributed by atoms with Crippen molar-refractivity contribution >= 4 is 32.2 Å². The van der Waals surface area contributed by atoms with Crippen molar-refractivity contribution in [3.05, 3.63) is 34.8 Å². The Morgan fingerprint density at radius 3 is 2.67 bits per heavy atom. The summed E-state index contributed by atoms with van der Waals surface area (Å²) in [5, 5.41) is 2.05. The molecule has 0 fully saturated rings. The molecule has 2 aromatic rings. The minimum absolute atomic E-state index is 0.190. The molecule has 5 nitrogen and oxygen atoms in total. The number of nitrogens with zero attached hydrogens (tertiary/aromatic N) is 1. The van der Waals surface area contributed by atoms with Gasteiger partial charge in [0, 0.05) is 17.3 Å². The fourth-order valence-electron chi connectivity index (χ4n) is 1.58. The number of hydrogen-bond acceptors (Lipinski definition) is 5. The van der Waals surface area contributed by atoms with Crippen molar-refractivity contribution in [2.75, 3.05) is 10.5 Å². The van der Waals surface area contributed by atoms with E-state index in [9.17, 15) is 8.42 Å². The van der Waals surface area contributed by atoms with E-state index in [4.69, 9.17) is 5.73 Å². The van der Waals surface area contributed by atoms with Crippen molar-refractivity contribution in [1.29, 1.82) is 0 Å². The van der Waals surface area contributed by atoms with Crippen LogP contribution < -0.4 is 10.5 Å². The summed E-state index contributed by atoms with van der Waals surface area (Å²) in [6.45, 7) is 3.49. The minimum Gasteiger partial charge on any atom is -0.398 e. The summed E-state index contributed by atoms with van der Waals surface area (Å²) in [4.78, 5) is 4.09. The first-order valence-electron chi connectivity index (χ1n) is 5.19. The Labute approximate surface area is 110 Å². The van der Waals surface area contributed by atoms with Gasteiger partial charge in [0.2, 0.25) is 0 Å². The van der Waals surface area contributed by atoms with Gasteiger partial charge in [-0.3, -0.25) is 4.72 Å². The first-order chi connectivity index (χ1) is 8.40. The molecule has 3 N–H and O–H groups in total. The third-order valence-electron chi connectivity index (χ3n) is 2.49. The molecule has 0 saturated carbocycles. The van der Waals surface area contributed by atoms with Gasteiger partial charge in [0.15, 0.2) is 5.13 Å². The highest BCUT2D eigenvalue weighted by Crippen LogP contribution is 2.25. The van der Waals surface area contributed by atoms with Gasteiger partial charge in [0.1, 0.15) is 0 Å². The third-order valence-corrected chi connectivity index (χ3v) is 4.77. The lowest BCUT2D eigenvalue weighted by atomic mass is 10.1. The van der Waals surface area contributed by atoms with Gasteiger partial charge in [-0.2, -0.15) is 0 Å². The Bertz CT molecular complexity index is 664. The van der Waals surface area contributed by atoms with Crippen LogP contribution in [0.15, 0.2) is 28.6 Å². The summed E-state index contributed by atoms with van der Waals surface area (Å²) in [5.41, 5.74) is 7.60. The van der Waals surface area contributed by atoms with E-state index in [1.165, 1.54) is 11.3 Å². The Hall–Kier alpha value is -1.60. The maximum Gasteiger partial charge on any atom is 0.264 e. The van der Waals surface area contributed by atoms with Gasteiger partial charge in [0.05, 0.1) is 4.90 Å². The van der Waals surface area contributed by atoms with Crippen molar-refractivity contribution < 1.29 is 8.42 Å². The fourth-order valence-corrected chi connectivity index (χ4v) is 3.72. The molecular weight excluding hydrogens is 270 g/mol.